The van der Waals surface area contributed by atoms with Gasteiger partial charge in [0.1, 0.15) is 6.04 Å². The minimum atomic E-state index is -0.864. The molecule has 2 unspecified atom stereocenters. The topological polar surface area (TPSA) is 81.2 Å². The molecular weight excluding hydrogens is 582 g/mol. The summed E-state index contributed by atoms with van der Waals surface area (Å²) in [7, 11) is 1.74. The molecule has 3 heterocycles. The highest BCUT2D eigenvalue weighted by atomic mass is 32.2. The molecule has 7 nitrogen and oxygen atoms in total. The zero-order valence-electron chi connectivity index (χ0n) is 26.0. The molecule has 3 aromatic carbocycles. The van der Waals surface area contributed by atoms with Crippen LogP contribution < -0.4 is 4.90 Å². The number of nitrogens with zero attached hydrogens (tertiary/aromatic N) is 3. The van der Waals surface area contributed by atoms with E-state index in [1.807, 2.05) is 72.8 Å². The average Bonchev–Trinajstić information content (AvgIpc) is 3.62. The van der Waals surface area contributed by atoms with Crippen LogP contribution in [0.4, 0.5) is 5.69 Å². The van der Waals surface area contributed by atoms with Crippen LogP contribution >= 0.6 is 11.8 Å². The summed E-state index contributed by atoms with van der Waals surface area (Å²) in [4.78, 5) is 49.0. The van der Waals surface area contributed by atoms with Gasteiger partial charge in [-0.15, -0.1) is 24.9 Å². The Labute approximate surface area is 269 Å². The van der Waals surface area contributed by atoms with E-state index in [0.717, 1.165) is 28.4 Å². The maximum Gasteiger partial charge on any atom is 0.251 e. The van der Waals surface area contributed by atoms with Crippen molar-refractivity contribution in [2.75, 3.05) is 31.6 Å². The smallest absolute Gasteiger partial charge is 0.251 e. The molecule has 0 saturated carbocycles. The molecule has 6 atom stereocenters. The van der Waals surface area contributed by atoms with Gasteiger partial charge in [0.05, 0.1) is 29.2 Å². The minimum absolute atomic E-state index is 0.0982. The molecule has 3 saturated heterocycles. The Kier molecular flexibility index (Phi) is 8.39. The molecular formula is C37H41N3O4S. The molecule has 8 heteroatoms. The van der Waals surface area contributed by atoms with Crippen LogP contribution in [0.3, 0.4) is 0 Å². The lowest BCUT2D eigenvalue weighted by atomic mass is 9.66. The summed E-state index contributed by atoms with van der Waals surface area (Å²) in [5.74, 6) is -1.79. The fourth-order valence-corrected chi connectivity index (χ4v) is 10.3. The number of thioether (sulfide) groups is 1. The summed E-state index contributed by atoms with van der Waals surface area (Å²) in [5, 5.41) is 12.9. The molecule has 3 fully saturated rings. The van der Waals surface area contributed by atoms with Crippen LogP contribution in [0.5, 0.6) is 0 Å². The Morgan fingerprint density at radius 3 is 2.38 bits per heavy atom. The number of hydrogen-bond donors (Lipinski definition) is 1. The predicted octanol–water partition coefficient (Wildman–Crippen LogP) is 5.09. The zero-order chi connectivity index (χ0) is 31.9. The molecule has 6 rings (SSSR count). The molecule has 234 valence electrons. The number of aliphatic hydroxyl groups excluding tert-OH is 1. The van der Waals surface area contributed by atoms with Crippen LogP contribution in [0, 0.1) is 11.8 Å². The average molecular weight is 624 g/mol. The number of likely N-dealkylation sites (N-methyl/N-ethyl adjacent to an activating group) is 1. The Balaban J connectivity index is 1.47. The highest BCUT2D eigenvalue weighted by Gasteiger charge is 2.78. The molecule has 3 aliphatic rings. The summed E-state index contributed by atoms with van der Waals surface area (Å²) in [6.45, 7) is 10.2. The van der Waals surface area contributed by atoms with Crippen molar-refractivity contribution >= 4 is 45.9 Å². The lowest BCUT2D eigenvalue weighted by Crippen LogP contribution is -2.58. The van der Waals surface area contributed by atoms with Crippen molar-refractivity contribution in [3.8, 4) is 0 Å². The van der Waals surface area contributed by atoms with Gasteiger partial charge >= 0.3 is 0 Å². The van der Waals surface area contributed by atoms with E-state index < -0.39 is 33.4 Å². The highest BCUT2D eigenvalue weighted by molar-refractivity contribution is 8.02. The van der Waals surface area contributed by atoms with Crippen molar-refractivity contribution in [3.63, 3.8) is 0 Å². The van der Waals surface area contributed by atoms with Crippen LogP contribution in [0.25, 0.3) is 10.8 Å². The van der Waals surface area contributed by atoms with Crippen molar-refractivity contribution in [1.29, 1.82) is 0 Å². The first kappa shape index (κ1) is 31.1. The Hall–Kier alpha value is -3.88. The third-order valence-corrected chi connectivity index (χ3v) is 12.0. The van der Waals surface area contributed by atoms with Gasteiger partial charge in [0.2, 0.25) is 11.8 Å². The maximum atomic E-state index is 15.1. The van der Waals surface area contributed by atoms with Crippen LogP contribution in [-0.2, 0) is 20.8 Å². The van der Waals surface area contributed by atoms with E-state index in [9.17, 15) is 14.7 Å². The first-order valence-corrected chi connectivity index (χ1v) is 16.4. The third-order valence-electron chi connectivity index (χ3n) is 10.0. The number of benzene rings is 3. The quantitative estimate of drug-likeness (QED) is 0.301. The summed E-state index contributed by atoms with van der Waals surface area (Å²) in [5.41, 5.74) is 1.68. The number of carbonyl (C=O) groups is 3. The number of anilines is 1. The van der Waals surface area contributed by atoms with Crippen LogP contribution in [0.15, 0.2) is 98.1 Å². The molecule has 1 spiro atoms. The van der Waals surface area contributed by atoms with Gasteiger partial charge in [-0.05, 0) is 54.7 Å². The van der Waals surface area contributed by atoms with Gasteiger partial charge < -0.3 is 19.8 Å². The molecule has 3 amide bonds. The number of rotatable bonds is 11. The van der Waals surface area contributed by atoms with Crippen LogP contribution in [0.1, 0.15) is 25.3 Å². The van der Waals surface area contributed by atoms with Gasteiger partial charge in [0.25, 0.3) is 5.91 Å². The van der Waals surface area contributed by atoms with Gasteiger partial charge in [0, 0.05) is 30.6 Å². The standard InChI is InChI=1S/C37H41N3O4S/c1-5-20-38(4)33(42)30-31-34(43)40(29(24-41)22-25-12-8-7-9-13-25)32(37(31)19-18-36(30,3)45-37)35(44)39(21-6-2)28-17-16-26-14-10-11-15-27(26)23-28/h5-17,23,29-32,41H,1-2,18-22,24H2,3-4H3/t29-,30-,31+,32?,36+,37?/m1/s1. The monoisotopic (exact) mass is 623 g/mol. The second kappa shape index (κ2) is 12.1. The van der Waals surface area contributed by atoms with E-state index in [0.29, 0.717) is 19.4 Å². The lowest BCUT2D eigenvalue weighted by molar-refractivity contribution is -0.145. The predicted molar refractivity (Wildman–Crippen MR) is 181 cm³/mol. The van der Waals surface area contributed by atoms with E-state index in [-0.39, 0.29) is 30.9 Å². The summed E-state index contributed by atoms with van der Waals surface area (Å²) in [6, 6.07) is 22.2. The number of likely N-dealkylation sites (tertiary alicyclic amines) is 1. The number of hydrogen-bond acceptors (Lipinski definition) is 5. The Bertz CT molecular complexity index is 1640. The van der Waals surface area contributed by atoms with E-state index >= 15 is 4.79 Å². The van der Waals surface area contributed by atoms with E-state index in [2.05, 4.69) is 20.1 Å². The number of amides is 3. The van der Waals surface area contributed by atoms with Crippen molar-refractivity contribution in [2.24, 2.45) is 11.8 Å². The molecule has 0 aliphatic carbocycles. The SMILES string of the molecule is C=CCN(C)C(=O)[C@H]1[C@H]2C(=O)N([C@@H](CO)Cc3ccccc3)C(C(=O)N(CC=C)c3ccc4ccccc4c3)C23CC[C@]1(C)S3. The van der Waals surface area contributed by atoms with E-state index in [4.69, 9.17) is 0 Å². The second-order valence-electron chi connectivity index (χ2n) is 12.8. The Morgan fingerprint density at radius 1 is 1.00 bits per heavy atom. The van der Waals surface area contributed by atoms with Gasteiger partial charge in [-0.3, -0.25) is 14.4 Å². The molecule has 3 aromatic rings. The maximum absolute atomic E-state index is 15.1. The van der Waals surface area contributed by atoms with Gasteiger partial charge in [-0.1, -0.05) is 72.8 Å². The fourth-order valence-electron chi connectivity index (χ4n) is 8.01. The summed E-state index contributed by atoms with van der Waals surface area (Å²) < 4.78 is -1.30. The molecule has 1 N–H and O–H groups in total. The molecule has 0 aromatic heterocycles. The van der Waals surface area contributed by atoms with Crippen molar-refractivity contribution in [3.05, 3.63) is 104 Å². The molecule has 2 bridgehead atoms. The van der Waals surface area contributed by atoms with Gasteiger partial charge in [-0.25, -0.2) is 0 Å². The normalized spacial score (nSPS) is 27.3. The van der Waals surface area contributed by atoms with Crippen molar-refractivity contribution in [2.45, 2.75) is 47.8 Å². The minimum Gasteiger partial charge on any atom is -0.394 e. The summed E-state index contributed by atoms with van der Waals surface area (Å²) >= 11 is 1.64. The van der Waals surface area contributed by atoms with Crippen LogP contribution in [0.2, 0.25) is 0 Å². The van der Waals surface area contributed by atoms with Crippen LogP contribution in [-0.4, -0.2) is 80.9 Å². The lowest BCUT2D eigenvalue weighted by Gasteiger charge is -2.39. The number of carbonyl (C=O) groups excluding carboxylic acids is 3. The van der Waals surface area contributed by atoms with Crippen molar-refractivity contribution < 1.29 is 19.5 Å². The molecule has 3 aliphatic heterocycles. The van der Waals surface area contributed by atoms with Gasteiger partial charge in [-0.2, -0.15) is 0 Å². The fraction of sp³-hybridized carbons (Fsp3) is 0.378. The Morgan fingerprint density at radius 2 is 1.69 bits per heavy atom. The van der Waals surface area contributed by atoms with E-state index in [1.54, 1.807) is 45.7 Å². The third kappa shape index (κ3) is 5.08. The number of fused-ring (bicyclic) bond motifs is 2. The first-order chi connectivity index (χ1) is 21.7. The van der Waals surface area contributed by atoms with Gasteiger partial charge in [0.15, 0.2) is 0 Å². The number of aliphatic hydroxyl groups is 1. The molecule has 45 heavy (non-hydrogen) atoms. The second-order valence-corrected chi connectivity index (χ2v) is 14.7. The van der Waals surface area contributed by atoms with E-state index in [1.165, 1.54) is 0 Å². The van der Waals surface area contributed by atoms with Crippen molar-refractivity contribution in [1.82, 2.24) is 9.80 Å². The highest BCUT2D eigenvalue weighted by Crippen LogP contribution is 2.72. The zero-order valence-corrected chi connectivity index (χ0v) is 26.8. The summed E-state index contributed by atoms with van der Waals surface area (Å²) in [6.07, 6.45) is 5.13. The largest absolute Gasteiger partial charge is 0.394 e. The first-order valence-electron chi connectivity index (χ1n) is 15.6. The molecule has 0 radical (unpaired) electrons.